The minimum Gasteiger partial charge on any atom is -0.326 e. The van der Waals surface area contributed by atoms with Gasteiger partial charge in [-0.25, -0.2) is 4.79 Å². The lowest BCUT2D eigenvalue weighted by molar-refractivity contribution is -0.121. The molecular formula is C19H26N4O3. The molecule has 0 bridgehead atoms. The highest BCUT2D eigenvalue weighted by atomic mass is 16.2. The third-order valence-electron chi connectivity index (χ3n) is 4.96. The molecule has 7 heteroatoms. The first kappa shape index (κ1) is 18.2. The van der Waals surface area contributed by atoms with E-state index in [-0.39, 0.29) is 23.8 Å². The van der Waals surface area contributed by atoms with Crippen molar-refractivity contribution in [3.8, 4) is 0 Å². The third kappa shape index (κ3) is 4.53. The van der Waals surface area contributed by atoms with Crippen molar-refractivity contribution in [1.29, 1.82) is 0 Å². The number of anilines is 2. The summed E-state index contributed by atoms with van der Waals surface area (Å²) < 4.78 is 0. The van der Waals surface area contributed by atoms with Crippen LogP contribution in [0.15, 0.2) is 24.3 Å². The van der Waals surface area contributed by atoms with E-state index in [1.807, 2.05) is 9.80 Å². The van der Waals surface area contributed by atoms with Gasteiger partial charge in [0.15, 0.2) is 0 Å². The van der Waals surface area contributed by atoms with Gasteiger partial charge in [0.1, 0.15) is 0 Å². The number of benzene rings is 1. The summed E-state index contributed by atoms with van der Waals surface area (Å²) in [5.74, 6) is -0.274. The zero-order valence-corrected chi connectivity index (χ0v) is 15.2. The average Bonchev–Trinajstić information content (AvgIpc) is 3.15. The number of carbonyl (C=O) groups is 3. The van der Waals surface area contributed by atoms with Crippen LogP contribution >= 0.6 is 0 Å². The second-order valence-corrected chi connectivity index (χ2v) is 6.99. The summed E-state index contributed by atoms with van der Waals surface area (Å²) >= 11 is 0. The number of urea groups is 1. The second kappa shape index (κ2) is 8.21. The van der Waals surface area contributed by atoms with Gasteiger partial charge in [0.05, 0.1) is 0 Å². The van der Waals surface area contributed by atoms with Gasteiger partial charge >= 0.3 is 6.03 Å². The Kier molecular flexibility index (Phi) is 5.75. The number of amides is 4. The van der Waals surface area contributed by atoms with Crippen LogP contribution in [-0.2, 0) is 9.59 Å². The number of piperidine rings is 1. The molecule has 1 aromatic rings. The summed E-state index contributed by atoms with van der Waals surface area (Å²) in [6, 6.07) is 7.22. The Morgan fingerprint density at radius 2 is 1.50 bits per heavy atom. The van der Waals surface area contributed by atoms with Gasteiger partial charge in [-0.1, -0.05) is 6.07 Å². The van der Waals surface area contributed by atoms with Crippen molar-refractivity contribution in [2.24, 2.45) is 5.92 Å². The minimum absolute atomic E-state index is 0.0294. The van der Waals surface area contributed by atoms with Crippen molar-refractivity contribution < 1.29 is 14.4 Å². The standard InChI is InChI=1S/C19H26N4O3/c1-14(24)20-16-5-4-6-17(13-16)21-18(25)15-7-11-23(12-8-15)19(26)22-9-2-3-10-22/h4-6,13,15H,2-3,7-12H2,1H3,(H,20,24)(H,21,25). The molecule has 0 atom stereocenters. The smallest absolute Gasteiger partial charge is 0.319 e. The quantitative estimate of drug-likeness (QED) is 0.871. The van der Waals surface area contributed by atoms with Crippen LogP contribution < -0.4 is 10.6 Å². The van der Waals surface area contributed by atoms with E-state index in [0.29, 0.717) is 37.3 Å². The molecule has 2 saturated heterocycles. The first-order valence-electron chi connectivity index (χ1n) is 9.25. The number of nitrogens with one attached hydrogen (secondary N) is 2. The van der Waals surface area contributed by atoms with Gasteiger partial charge < -0.3 is 20.4 Å². The Morgan fingerprint density at radius 1 is 0.923 bits per heavy atom. The lowest BCUT2D eigenvalue weighted by Crippen LogP contribution is -2.47. The van der Waals surface area contributed by atoms with Crippen molar-refractivity contribution in [1.82, 2.24) is 9.80 Å². The van der Waals surface area contributed by atoms with Crippen LogP contribution in [0.4, 0.5) is 16.2 Å². The maximum atomic E-state index is 12.5. The van der Waals surface area contributed by atoms with Crippen molar-refractivity contribution in [2.45, 2.75) is 32.6 Å². The fourth-order valence-corrected chi connectivity index (χ4v) is 3.56. The normalized spacial score (nSPS) is 17.9. The van der Waals surface area contributed by atoms with E-state index in [1.54, 1.807) is 24.3 Å². The summed E-state index contributed by atoms with van der Waals surface area (Å²) in [4.78, 5) is 39.9. The van der Waals surface area contributed by atoms with E-state index >= 15 is 0 Å². The van der Waals surface area contributed by atoms with E-state index in [0.717, 1.165) is 25.9 Å². The molecular weight excluding hydrogens is 332 g/mol. The van der Waals surface area contributed by atoms with Crippen LogP contribution in [0.5, 0.6) is 0 Å². The maximum Gasteiger partial charge on any atom is 0.319 e. The highest BCUT2D eigenvalue weighted by Crippen LogP contribution is 2.22. The molecule has 2 heterocycles. The molecule has 0 saturated carbocycles. The van der Waals surface area contributed by atoms with Gasteiger partial charge in [-0.05, 0) is 43.9 Å². The fraction of sp³-hybridized carbons (Fsp3) is 0.526. The summed E-state index contributed by atoms with van der Waals surface area (Å²) in [5, 5.41) is 5.62. The van der Waals surface area contributed by atoms with Crippen molar-refractivity contribution in [3.05, 3.63) is 24.3 Å². The maximum absolute atomic E-state index is 12.5. The van der Waals surface area contributed by atoms with Crippen LogP contribution in [0.2, 0.25) is 0 Å². The predicted octanol–water partition coefficient (Wildman–Crippen LogP) is 2.51. The summed E-state index contributed by atoms with van der Waals surface area (Å²) in [6.45, 7) is 4.40. The molecule has 7 nitrogen and oxygen atoms in total. The number of hydrogen-bond donors (Lipinski definition) is 2. The van der Waals surface area contributed by atoms with Gasteiger partial charge in [-0.2, -0.15) is 0 Å². The van der Waals surface area contributed by atoms with Gasteiger partial charge in [0.25, 0.3) is 0 Å². The SMILES string of the molecule is CC(=O)Nc1cccc(NC(=O)C2CCN(C(=O)N3CCCC3)CC2)c1. The van der Waals surface area contributed by atoms with E-state index in [9.17, 15) is 14.4 Å². The highest BCUT2D eigenvalue weighted by Gasteiger charge is 2.30. The zero-order chi connectivity index (χ0) is 18.5. The minimum atomic E-state index is -0.150. The molecule has 2 N–H and O–H groups in total. The highest BCUT2D eigenvalue weighted by molar-refractivity contribution is 5.94. The van der Waals surface area contributed by atoms with Gasteiger partial charge in [-0.3, -0.25) is 9.59 Å². The number of likely N-dealkylation sites (tertiary alicyclic amines) is 2. The first-order chi connectivity index (χ1) is 12.5. The number of carbonyl (C=O) groups excluding carboxylic acids is 3. The summed E-state index contributed by atoms with van der Waals surface area (Å²) in [5.41, 5.74) is 1.32. The van der Waals surface area contributed by atoms with E-state index < -0.39 is 0 Å². The number of rotatable bonds is 3. The molecule has 140 valence electrons. The van der Waals surface area contributed by atoms with Gasteiger partial charge in [-0.15, -0.1) is 0 Å². The van der Waals surface area contributed by atoms with Gasteiger partial charge in [0.2, 0.25) is 11.8 Å². The molecule has 3 rings (SSSR count). The lowest BCUT2D eigenvalue weighted by atomic mass is 9.96. The molecule has 0 aromatic heterocycles. The van der Waals surface area contributed by atoms with E-state index in [1.165, 1.54) is 6.92 Å². The lowest BCUT2D eigenvalue weighted by Gasteiger charge is -2.34. The second-order valence-electron chi connectivity index (χ2n) is 6.99. The molecule has 0 spiro atoms. The van der Waals surface area contributed by atoms with Gasteiger partial charge in [0, 0.05) is 50.4 Å². The molecule has 2 fully saturated rings. The van der Waals surface area contributed by atoms with Crippen LogP contribution in [0.1, 0.15) is 32.6 Å². The third-order valence-corrected chi connectivity index (χ3v) is 4.96. The summed E-state index contributed by atoms with van der Waals surface area (Å²) in [6.07, 6.45) is 3.53. The Balaban J connectivity index is 1.50. The number of nitrogens with zero attached hydrogens (tertiary/aromatic N) is 2. The van der Waals surface area contributed by atoms with Crippen molar-refractivity contribution in [3.63, 3.8) is 0 Å². The molecule has 4 amide bonds. The Morgan fingerprint density at radius 3 is 2.12 bits per heavy atom. The summed E-state index contributed by atoms with van der Waals surface area (Å²) in [7, 11) is 0. The number of hydrogen-bond acceptors (Lipinski definition) is 3. The van der Waals surface area contributed by atoms with Crippen LogP contribution in [-0.4, -0.2) is 53.8 Å². The predicted molar refractivity (Wildman–Crippen MR) is 99.9 cm³/mol. The first-order valence-corrected chi connectivity index (χ1v) is 9.25. The molecule has 2 aliphatic rings. The monoisotopic (exact) mass is 358 g/mol. The fourth-order valence-electron chi connectivity index (χ4n) is 3.56. The molecule has 2 aliphatic heterocycles. The Hall–Kier alpha value is -2.57. The average molecular weight is 358 g/mol. The van der Waals surface area contributed by atoms with E-state index in [4.69, 9.17) is 0 Å². The van der Waals surface area contributed by atoms with Crippen molar-refractivity contribution in [2.75, 3.05) is 36.8 Å². The van der Waals surface area contributed by atoms with Crippen LogP contribution in [0.25, 0.3) is 0 Å². The molecule has 0 aliphatic carbocycles. The molecule has 0 radical (unpaired) electrons. The largest absolute Gasteiger partial charge is 0.326 e. The van der Waals surface area contributed by atoms with Crippen LogP contribution in [0.3, 0.4) is 0 Å². The Labute approximate surface area is 153 Å². The topological polar surface area (TPSA) is 81.8 Å². The molecule has 26 heavy (non-hydrogen) atoms. The molecule has 1 aromatic carbocycles. The zero-order valence-electron chi connectivity index (χ0n) is 15.2. The van der Waals surface area contributed by atoms with Crippen LogP contribution in [0, 0.1) is 5.92 Å². The molecule has 0 unspecified atom stereocenters. The van der Waals surface area contributed by atoms with Crippen molar-refractivity contribution >= 4 is 29.2 Å². The Bertz CT molecular complexity index is 677. The van der Waals surface area contributed by atoms with E-state index in [2.05, 4.69) is 10.6 Å².